The van der Waals surface area contributed by atoms with E-state index in [1.54, 1.807) is 31.4 Å². The van der Waals surface area contributed by atoms with Crippen LogP contribution in [0.15, 0.2) is 24.3 Å². The molecule has 0 aromatic heterocycles. The van der Waals surface area contributed by atoms with Gasteiger partial charge in [0.1, 0.15) is 5.75 Å². The molecular weight excluding hydrogens is 338 g/mol. The maximum atomic E-state index is 12.0. The molecule has 8 nitrogen and oxygen atoms in total. The fourth-order valence-electron chi connectivity index (χ4n) is 3.07. The van der Waals surface area contributed by atoms with Crippen LogP contribution in [0.25, 0.3) is 0 Å². The molecule has 0 radical (unpaired) electrons. The minimum atomic E-state index is -0.840. The van der Waals surface area contributed by atoms with Crippen LogP contribution in [0.2, 0.25) is 0 Å². The summed E-state index contributed by atoms with van der Waals surface area (Å²) in [4.78, 5) is 24.7. The molecule has 1 aliphatic rings. The number of benzene rings is 1. The van der Waals surface area contributed by atoms with Gasteiger partial charge in [-0.05, 0) is 37.1 Å². The standard InChI is InChI=1S/C18H27N3O5/c1-3-21(11-17(23)24)14-8-13(9-14)20-18(25)19-10-16(22)12-5-4-6-15(7-12)26-2/h4-7,13-14,16,22H,3,8-11H2,1-2H3,(H,23,24)(H2,19,20,25). The number of hydrogen-bond donors (Lipinski definition) is 4. The minimum absolute atomic E-state index is 0.0206. The number of methoxy groups -OCH3 is 1. The Hall–Kier alpha value is -2.32. The molecule has 1 aliphatic carbocycles. The van der Waals surface area contributed by atoms with Crippen LogP contribution in [0.5, 0.6) is 5.75 Å². The summed E-state index contributed by atoms with van der Waals surface area (Å²) in [5, 5.41) is 24.6. The third-order valence-electron chi connectivity index (χ3n) is 4.64. The fraction of sp³-hybridized carbons (Fsp3) is 0.556. The average molecular weight is 365 g/mol. The smallest absolute Gasteiger partial charge is 0.317 e. The van der Waals surface area contributed by atoms with Crippen LogP contribution in [-0.4, -0.2) is 65.9 Å². The lowest BCUT2D eigenvalue weighted by Gasteiger charge is -2.42. The first-order chi connectivity index (χ1) is 12.4. The van der Waals surface area contributed by atoms with Gasteiger partial charge in [0.25, 0.3) is 0 Å². The topological polar surface area (TPSA) is 111 Å². The summed E-state index contributed by atoms with van der Waals surface area (Å²) in [6, 6.07) is 6.93. The molecule has 26 heavy (non-hydrogen) atoms. The second-order valence-electron chi connectivity index (χ2n) is 6.43. The summed E-state index contributed by atoms with van der Waals surface area (Å²) in [6.45, 7) is 2.71. The van der Waals surface area contributed by atoms with E-state index in [2.05, 4.69) is 10.6 Å². The maximum absolute atomic E-state index is 12.0. The number of carbonyl (C=O) groups is 2. The van der Waals surface area contributed by atoms with Crippen molar-refractivity contribution in [2.24, 2.45) is 0 Å². The van der Waals surface area contributed by atoms with Gasteiger partial charge in [-0.25, -0.2) is 4.79 Å². The normalized spacial score (nSPS) is 20.2. The van der Waals surface area contributed by atoms with Crippen molar-refractivity contribution in [1.82, 2.24) is 15.5 Å². The Balaban J connectivity index is 1.70. The van der Waals surface area contributed by atoms with Crippen molar-refractivity contribution in [1.29, 1.82) is 0 Å². The Bertz CT molecular complexity index is 619. The van der Waals surface area contributed by atoms with Crippen LogP contribution in [0, 0.1) is 0 Å². The van der Waals surface area contributed by atoms with E-state index in [0.717, 1.165) is 12.8 Å². The molecular formula is C18H27N3O5. The largest absolute Gasteiger partial charge is 0.497 e. The molecule has 2 rings (SSSR count). The van der Waals surface area contributed by atoms with E-state index in [1.165, 1.54) is 0 Å². The van der Waals surface area contributed by atoms with Crippen molar-refractivity contribution in [3.8, 4) is 5.75 Å². The molecule has 1 aromatic carbocycles. The van der Waals surface area contributed by atoms with Gasteiger partial charge >= 0.3 is 12.0 Å². The summed E-state index contributed by atoms with van der Waals surface area (Å²) in [5.74, 6) is -0.194. The van der Waals surface area contributed by atoms with Crippen molar-refractivity contribution >= 4 is 12.0 Å². The van der Waals surface area contributed by atoms with E-state index in [1.807, 2.05) is 11.8 Å². The van der Waals surface area contributed by atoms with Crippen LogP contribution < -0.4 is 15.4 Å². The molecule has 1 fully saturated rings. The number of rotatable bonds is 9. The van der Waals surface area contributed by atoms with Gasteiger partial charge in [-0.3, -0.25) is 9.69 Å². The first-order valence-electron chi connectivity index (χ1n) is 8.75. The van der Waals surface area contributed by atoms with E-state index in [9.17, 15) is 14.7 Å². The van der Waals surface area contributed by atoms with E-state index in [0.29, 0.717) is 17.9 Å². The quantitative estimate of drug-likeness (QED) is 0.519. The number of nitrogens with one attached hydrogen (secondary N) is 2. The lowest BCUT2D eigenvalue weighted by molar-refractivity contribution is -0.139. The van der Waals surface area contributed by atoms with Crippen LogP contribution in [-0.2, 0) is 4.79 Å². The number of urea groups is 1. The molecule has 0 spiro atoms. The number of carboxylic acid groups (broad SMARTS) is 1. The van der Waals surface area contributed by atoms with Gasteiger partial charge in [-0.15, -0.1) is 0 Å². The number of aliphatic carboxylic acids is 1. The Morgan fingerprint density at radius 3 is 2.73 bits per heavy atom. The van der Waals surface area contributed by atoms with Gasteiger partial charge in [-0.1, -0.05) is 19.1 Å². The molecule has 1 atom stereocenters. The van der Waals surface area contributed by atoms with Crippen molar-refractivity contribution < 1.29 is 24.5 Å². The molecule has 1 aromatic rings. The highest BCUT2D eigenvalue weighted by Gasteiger charge is 2.34. The average Bonchev–Trinajstić information content (AvgIpc) is 2.60. The van der Waals surface area contributed by atoms with Crippen molar-refractivity contribution in [2.75, 3.05) is 26.7 Å². The van der Waals surface area contributed by atoms with E-state index < -0.39 is 12.1 Å². The number of aliphatic hydroxyl groups excluding tert-OH is 1. The van der Waals surface area contributed by atoms with Gasteiger partial charge < -0.3 is 25.6 Å². The van der Waals surface area contributed by atoms with Crippen LogP contribution >= 0.6 is 0 Å². The number of carboxylic acids is 1. The van der Waals surface area contributed by atoms with Gasteiger partial charge in [0.05, 0.1) is 19.8 Å². The maximum Gasteiger partial charge on any atom is 0.317 e. The summed E-state index contributed by atoms with van der Waals surface area (Å²) in [7, 11) is 1.55. The van der Waals surface area contributed by atoms with Crippen molar-refractivity contribution in [3.63, 3.8) is 0 Å². The van der Waals surface area contributed by atoms with Crippen molar-refractivity contribution in [2.45, 2.75) is 38.0 Å². The van der Waals surface area contributed by atoms with E-state index in [-0.39, 0.29) is 31.2 Å². The van der Waals surface area contributed by atoms with Gasteiger partial charge in [0.15, 0.2) is 0 Å². The Morgan fingerprint density at radius 2 is 2.12 bits per heavy atom. The first-order valence-corrected chi connectivity index (χ1v) is 8.75. The molecule has 2 amide bonds. The molecule has 1 saturated carbocycles. The number of ether oxygens (including phenoxy) is 1. The SMILES string of the molecule is CCN(CC(=O)O)C1CC(NC(=O)NCC(O)c2cccc(OC)c2)C1. The number of aliphatic hydroxyl groups is 1. The molecule has 0 bridgehead atoms. The summed E-state index contributed by atoms with van der Waals surface area (Å²) in [5.41, 5.74) is 0.667. The molecule has 0 heterocycles. The number of nitrogens with zero attached hydrogens (tertiary/aromatic N) is 1. The van der Waals surface area contributed by atoms with Crippen molar-refractivity contribution in [3.05, 3.63) is 29.8 Å². The summed E-state index contributed by atoms with van der Waals surface area (Å²) in [6.07, 6.45) is 0.635. The highest BCUT2D eigenvalue weighted by atomic mass is 16.5. The Morgan fingerprint density at radius 1 is 1.38 bits per heavy atom. The highest BCUT2D eigenvalue weighted by Crippen LogP contribution is 2.25. The number of likely N-dealkylation sites (N-methyl/N-ethyl adjacent to an activating group) is 1. The van der Waals surface area contributed by atoms with Crippen LogP contribution in [0.3, 0.4) is 0 Å². The summed E-state index contributed by atoms with van der Waals surface area (Å²) < 4.78 is 5.12. The Labute approximate surface area is 153 Å². The molecule has 0 saturated heterocycles. The second-order valence-corrected chi connectivity index (χ2v) is 6.43. The number of carbonyl (C=O) groups excluding carboxylic acids is 1. The monoisotopic (exact) mass is 365 g/mol. The zero-order valence-electron chi connectivity index (χ0n) is 15.1. The number of amides is 2. The third-order valence-corrected chi connectivity index (χ3v) is 4.64. The fourth-order valence-corrected chi connectivity index (χ4v) is 3.07. The second kappa shape index (κ2) is 9.40. The number of hydrogen-bond acceptors (Lipinski definition) is 5. The zero-order valence-corrected chi connectivity index (χ0v) is 15.1. The van der Waals surface area contributed by atoms with Gasteiger partial charge in [0.2, 0.25) is 0 Å². The van der Waals surface area contributed by atoms with E-state index >= 15 is 0 Å². The minimum Gasteiger partial charge on any atom is -0.497 e. The summed E-state index contributed by atoms with van der Waals surface area (Å²) >= 11 is 0. The van der Waals surface area contributed by atoms with Crippen LogP contribution in [0.4, 0.5) is 4.79 Å². The van der Waals surface area contributed by atoms with Gasteiger partial charge in [-0.2, -0.15) is 0 Å². The highest BCUT2D eigenvalue weighted by molar-refractivity contribution is 5.74. The van der Waals surface area contributed by atoms with Gasteiger partial charge in [0, 0.05) is 18.6 Å². The molecule has 144 valence electrons. The molecule has 8 heteroatoms. The molecule has 4 N–H and O–H groups in total. The lowest BCUT2D eigenvalue weighted by atomic mass is 9.85. The first kappa shape index (κ1) is 20.0. The lowest BCUT2D eigenvalue weighted by Crippen LogP contribution is -2.56. The van der Waals surface area contributed by atoms with E-state index in [4.69, 9.17) is 9.84 Å². The molecule has 0 aliphatic heterocycles. The predicted molar refractivity (Wildman–Crippen MR) is 96.2 cm³/mol. The zero-order chi connectivity index (χ0) is 19.1. The van der Waals surface area contributed by atoms with Crippen LogP contribution in [0.1, 0.15) is 31.4 Å². The third kappa shape index (κ3) is 5.60. The molecule has 1 unspecified atom stereocenters. The predicted octanol–water partition coefficient (Wildman–Crippen LogP) is 0.965. The Kier molecular flexibility index (Phi) is 7.23.